The minimum absolute atomic E-state index is 0.00645. The van der Waals surface area contributed by atoms with Crippen molar-refractivity contribution < 1.29 is 14.7 Å². The molecule has 0 atom stereocenters. The second kappa shape index (κ2) is 7.87. The highest BCUT2D eigenvalue weighted by atomic mass is 32.1. The van der Waals surface area contributed by atoms with Gasteiger partial charge in [0.25, 0.3) is 5.91 Å². The summed E-state index contributed by atoms with van der Waals surface area (Å²) in [5.74, 6) is -0.746. The number of carboxylic acids is 1. The van der Waals surface area contributed by atoms with E-state index in [1.54, 1.807) is 0 Å². The summed E-state index contributed by atoms with van der Waals surface area (Å²) >= 11 is 1.46. The van der Waals surface area contributed by atoms with Crippen LogP contribution in [0.15, 0.2) is 11.4 Å². The van der Waals surface area contributed by atoms with Gasteiger partial charge in [-0.2, -0.15) is 0 Å². The largest absolute Gasteiger partial charge is 0.481 e. The van der Waals surface area contributed by atoms with Crippen LogP contribution < -0.4 is 5.32 Å². The molecule has 0 saturated carbocycles. The number of carbonyl (C=O) groups is 2. The van der Waals surface area contributed by atoms with E-state index in [0.29, 0.717) is 13.0 Å². The molecule has 1 aromatic heterocycles. The summed E-state index contributed by atoms with van der Waals surface area (Å²) in [4.78, 5) is 22.8. The van der Waals surface area contributed by atoms with Gasteiger partial charge in [0.1, 0.15) is 0 Å². The Labute approximate surface area is 111 Å². The normalized spacial score (nSPS) is 10.3. The number of amides is 1. The fourth-order valence-electron chi connectivity index (χ4n) is 1.64. The number of hydrogen-bond acceptors (Lipinski definition) is 3. The summed E-state index contributed by atoms with van der Waals surface area (Å²) in [7, 11) is 0. The molecule has 0 fully saturated rings. The van der Waals surface area contributed by atoms with Gasteiger partial charge in [0.15, 0.2) is 0 Å². The molecule has 0 radical (unpaired) electrons. The molecule has 1 rings (SSSR count). The first-order valence-electron chi connectivity index (χ1n) is 6.15. The molecule has 0 aromatic carbocycles. The molecular weight excluding hydrogens is 250 g/mol. The highest BCUT2D eigenvalue weighted by Gasteiger charge is 2.08. The number of hydrogen-bond donors (Lipinski definition) is 2. The Bertz CT molecular complexity index is 401. The van der Waals surface area contributed by atoms with Crippen molar-refractivity contribution in [3.8, 4) is 0 Å². The van der Waals surface area contributed by atoms with Crippen molar-refractivity contribution in [3.63, 3.8) is 0 Å². The van der Waals surface area contributed by atoms with Crippen LogP contribution in [0.5, 0.6) is 0 Å². The molecule has 0 aliphatic carbocycles. The predicted octanol–water partition coefficient (Wildman–Crippen LogP) is 2.82. The van der Waals surface area contributed by atoms with E-state index < -0.39 is 5.97 Å². The zero-order chi connectivity index (χ0) is 13.4. The number of carbonyl (C=O) groups excluding carboxylic acids is 1. The predicted molar refractivity (Wildman–Crippen MR) is 72.1 cm³/mol. The SMILES string of the molecule is Cc1ccsc1C(=O)NCCCCCCC(=O)O. The number of carboxylic acid groups (broad SMARTS) is 1. The molecular formula is C13H19NO3S. The maximum absolute atomic E-state index is 11.7. The van der Waals surface area contributed by atoms with Gasteiger partial charge in [-0.05, 0) is 36.8 Å². The molecule has 0 unspecified atom stereocenters. The number of nitrogens with one attached hydrogen (secondary N) is 1. The quantitative estimate of drug-likeness (QED) is 0.713. The van der Waals surface area contributed by atoms with Crippen molar-refractivity contribution in [2.75, 3.05) is 6.54 Å². The third-order valence-electron chi connectivity index (χ3n) is 2.67. The van der Waals surface area contributed by atoms with Crippen molar-refractivity contribution in [2.45, 2.75) is 39.0 Å². The topological polar surface area (TPSA) is 66.4 Å². The lowest BCUT2D eigenvalue weighted by molar-refractivity contribution is -0.137. The molecule has 1 amide bonds. The summed E-state index contributed by atoms with van der Waals surface area (Å²) in [6.45, 7) is 2.58. The zero-order valence-electron chi connectivity index (χ0n) is 10.6. The van der Waals surface area contributed by atoms with Crippen LogP contribution in [-0.2, 0) is 4.79 Å². The molecule has 0 bridgehead atoms. The average Bonchev–Trinajstić information content (AvgIpc) is 2.73. The lowest BCUT2D eigenvalue weighted by Gasteiger charge is -2.04. The molecule has 0 aliphatic rings. The smallest absolute Gasteiger partial charge is 0.303 e. The highest BCUT2D eigenvalue weighted by Crippen LogP contribution is 2.14. The van der Waals surface area contributed by atoms with Crippen LogP contribution in [-0.4, -0.2) is 23.5 Å². The molecule has 0 spiro atoms. The minimum atomic E-state index is -0.739. The van der Waals surface area contributed by atoms with Crippen molar-refractivity contribution in [1.29, 1.82) is 0 Å². The zero-order valence-corrected chi connectivity index (χ0v) is 11.4. The van der Waals surface area contributed by atoms with Gasteiger partial charge in [-0.1, -0.05) is 12.8 Å². The fourth-order valence-corrected chi connectivity index (χ4v) is 2.48. The Morgan fingerprint density at radius 3 is 2.61 bits per heavy atom. The highest BCUT2D eigenvalue weighted by molar-refractivity contribution is 7.12. The fraction of sp³-hybridized carbons (Fsp3) is 0.538. The van der Waals surface area contributed by atoms with Crippen molar-refractivity contribution in [1.82, 2.24) is 5.32 Å². The second-order valence-electron chi connectivity index (χ2n) is 4.25. The van der Waals surface area contributed by atoms with E-state index >= 15 is 0 Å². The summed E-state index contributed by atoms with van der Waals surface area (Å²) in [5.41, 5.74) is 1.01. The maximum atomic E-state index is 11.7. The summed E-state index contributed by atoms with van der Waals surface area (Å²) in [5, 5.41) is 13.3. The number of thiophene rings is 1. The molecule has 0 aliphatic heterocycles. The van der Waals surface area contributed by atoms with E-state index in [9.17, 15) is 9.59 Å². The van der Waals surface area contributed by atoms with Crippen LogP contribution in [0.3, 0.4) is 0 Å². The standard InChI is InChI=1S/C13H19NO3S/c1-10-7-9-18-12(10)13(17)14-8-5-3-2-4-6-11(15)16/h7,9H,2-6,8H2,1H3,(H,14,17)(H,15,16). The van der Waals surface area contributed by atoms with Crippen LogP contribution in [0.1, 0.15) is 47.3 Å². The van der Waals surface area contributed by atoms with E-state index in [4.69, 9.17) is 5.11 Å². The van der Waals surface area contributed by atoms with Gasteiger partial charge in [0.2, 0.25) is 0 Å². The second-order valence-corrected chi connectivity index (χ2v) is 5.16. The van der Waals surface area contributed by atoms with Crippen LogP contribution in [0.25, 0.3) is 0 Å². The van der Waals surface area contributed by atoms with Gasteiger partial charge in [-0.3, -0.25) is 9.59 Å². The van der Waals surface area contributed by atoms with Gasteiger partial charge in [0.05, 0.1) is 4.88 Å². The van der Waals surface area contributed by atoms with E-state index in [0.717, 1.165) is 29.7 Å². The van der Waals surface area contributed by atoms with Gasteiger partial charge in [0, 0.05) is 13.0 Å². The number of unbranched alkanes of at least 4 members (excludes halogenated alkanes) is 3. The Kier molecular flexibility index (Phi) is 6.43. The average molecular weight is 269 g/mol. The Morgan fingerprint density at radius 1 is 1.28 bits per heavy atom. The molecule has 1 heterocycles. The number of aliphatic carboxylic acids is 1. The van der Waals surface area contributed by atoms with Gasteiger partial charge in [-0.25, -0.2) is 0 Å². The van der Waals surface area contributed by atoms with E-state index in [-0.39, 0.29) is 12.3 Å². The minimum Gasteiger partial charge on any atom is -0.481 e. The van der Waals surface area contributed by atoms with Crippen LogP contribution in [0.2, 0.25) is 0 Å². The molecule has 0 saturated heterocycles. The number of aryl methyl sites for hydroxylation is 1. The third-order valence-corrected chi connectivity index (χ3v) is 3.69. The monoisotopic (exact) mass is 269 g/mol. The first-order chi connectivity index (χ1) is 8.61. The van der Waals surface area contributed by atoms with E-state index in [2.05, 4.69) is 5.32 Å². The van der Waals surface area contributed by atoms with Crippen molar-refractivity contribution in [2.24, 2.45) is 0 Å². The first kappa shape index (κ1) is 14.7. The third kappa shape index (κ3) is 5.31. The summed E-state index contributed by atoms with van der Waals surface area (Å²) in [6.07, 6.45) is 3.71. The Hall–Kier alpha value is -1.36. The molecule has 4 nitrogen and oxygen atoms in total. The molecule has 2 N–H and O–H groups in total. The van der Waals surface area contributed by atoms with Crippen LogP contribution in [0.4, 0.5) is 0 Å². The summed E-state index contributed by atoms with van der Waals surface area (Å²) in [6, 6.07) is 1.94. The summed E-state index contributed by atoms with van der Waals surface area (Å²) < 4.78 is 0. The Balaban J connectivity index is 2.06. The maximum Gasteiger partial charge on any atom is 0.303 e. The lowest BCUT2D eigenvalue weighted by atomic mass is 10.1. The van der Waals surface area contributed by atoms with Gasteiger partial charge >= 0.3 is 5.97 Å². The Morgan fingerprint density at radius 2 is 2.00 bits per heavy atom. The van der Waals surface area contributed by atoms with Crippen molar-refractivity contribution >= 4 is 23.2 Å². The molecule has 18 heavy (non-hydrogen) atoms. The lowest BCUT2D eigenvalue weighted by Crippen LogP contribution is -2.24. The molecule has 100 valence electrons. The first-order valence-corrected chi connectivity index (χ1v) is 7.03. The molecule has 1 aromatic rings. The van der Waals surface area contributed by atoms with E-state index in [1.165, 1.54) is 11.3 Å². The number of rotatable bonds is 8. The van der Waals surface area contributed by atoms with Crippen LogP contribution >= 0.6 is 11.3 Å². The van der Waals surface area contributed by atoms with Gasteiger partial charge in [-0.15, -0.1) is 11.3 Å². The van der Waals surface area contributed by atoms with E-state index in [1.807, 2.05) is 18.4 Å². The van der Waals surface area contributed by atoms with Crippen LogP contribution in [0, 0.1) is 6.92 Å². The molecule has 5 heteroatoms. The van der Waals surface area contributed by atoms with Crippen molar-refractivity contribution in [3.05, 3.63) is 21.9 Å². The van der Waals surface area contributed by atoms with Gasteiger partial charge < -0.3 is 10.4 Å².